The lowest BCUT2D eigenvalue weighted by molar-refractivity contribution is -0.140. The fourth-order valence-corrected chi connectivity index (χ4v) is 5.94. The van der Waals surface area contributed by atoms with Gasteiger partial charge in [0.25, 0.3) is 0 Å². The van der Waals surface area contributed by atoms with Crippen LogP contribution in [-0.2, 0) is 27.3 Å². The molecule has 4 aromatic carbocycles. The minimum absolute atomic E-state index is 0.105. The van der Waals surface area contributed by atoms with Gasteiger partial charge in [-0.15, -0.1) is 0 Å². The normalized spacial score (nSPS) is 12.1. The van der Waals surface area contributed by atoms with Gasteiger partial charge in [-0.25, -0.2) is 0 Å². The molecule has 0 unspecified atom stereocenters. The van der Waals surface area contributed by atoms with E-state index in [0.29, 0.717) is 38.9 Å². The van der Waals surface area contributed by atoms with Crippen molar-refractivity contribution in [2.24, 2.45) is 22.9 Å². The van der Waals surface area contributed by atoms with Crippen LogP contribution in [-0.4, -0.2) is 73.1 Å². The predicted molar refractivity (Wildman–Crippen MR) is 214 cm³/mol. The third-order valence-corrected chi connectivity index (χ3v) is 8.84. The van der Waals surface area contributed by atoms with Gasteiger partial charge < -0.3 is 43.8 Å². The molecule has 4 rings (SSSR count). The second kappa shape index (κ2) is 21.8. The number of unbranched alkanes of at least 4 members (excludes halogenated alkanes) is 1. The summed E-state index contributed by atoms with van der Waals surface area (Å²) in [7, 11) is 0. The quantitative estimate of drug-likeness (QED) is 0.0264. The summed E-state index contributed by atoms with van der Waals surface area (Å²) in [5.41, 5.74) is 29.0. The third-order valence-electron chi connectivity index (χ3n) is 8.84. The number of amides is 3. The number of rotatable bonds is 21. The van der Waals surface area contributed by atoms with Gasteiger partial charge in [0.15, 0.2) is 5.96 Å². The van der Waals surface area contributed by atoms with Crippen molar-refractivity contribution in [2.75, 3.05) is 26.2 Å². The molecule has 286 valence electrons. The molecule has 13 nitrogen and oxygen atoms in total. The summed E-state index contributed by atoms with van der Waals surface area (Å²) in [6, 6.07) is 33.8. The second-order valence-electron chi connectivity index (χ2n) is 13.2. The van der Waals surface area contributed by atoms with Crippen molar-refractivity contribution in [3.8, 4) is 22.3 Å². The Bertz CT molecular complexity index is 1750. The number of carbonyl (C=O) groups excluding carboxylic acids is 3. The van der Waals surface area contributed by atoms with Crippen molar-refractivity contribution < 1.29 is 14.4 Å². The van der Waals surface area contributed by atoms with Gasteiger partial charge in [-0.2, -0.15) is 0 Å². The molecule has 54 heavy (non-hydrogen) atoms. The smallest absolute Gasteiger partial charge is 0.245 e. The Balaban J connectivity index is 1.48. The standard InChI is InChI=1S/C41H54N10O3/c42-35(26-29-15-19-33(20-16-29)31-10-3-1-4-11-31)38(53)50-36(14-9-25-49-41(45)46)39(54)51(28-37(52)47-23-7-8-24-48-40(43)44)27-30-17-21-34(22-18-30)32-12-5-2-6-13-32/h1-6,10-13,15-22,35-36,41,49H,7-9,14,23-28,42,45-46H2,(H,47,52)(H,50,53)(H4,43,44,48)/t35-,36-/m1/s1. The first-order valence-corrected chi connectivity index (χ1v) is 18.3. The van der Waals surface area contributed by atoms with Crippen LogP contribution in [0.5, 0.6) is 0 Å². The number of benzene rings is 4. The van der Waals surface area contributed by atoms with Crippen LogP contribution in [0, 0.1) is 5.41 Å². The van der Waals surface area contributed by atoms with Crippen LogP contribution in [0.1, 0.15) is 36.8 Å². The highest BCUT2D eigenvalue weighted by Gasteiger charge is 2.29. The van der Waals surface area contributed by atoms with Crippen LogP contribution in [0.4, 0.5) is 0 Å². The van der Waals surface area contributed by atoms with Crippen molar-refractivity contribution in [3.63, 3.8) is 0 Å². The maximum absolute atomic E-state index is 14.3. The molecular formula is C41H54N10O3. The maximum Gasteiger partial charge on any atom is 0.245 e. The molecule has 0 bridgehead atoms. The predicted octanol–water partition coefficient (Wildman–Crippen LogP) is 2.35. The monoisotopic (exact) mass is 734 g/mol. The summed E-state index contributed by atoms with van der Waals surface area (Å²) in [6.45, 7) is 1.24. The van der Waals surface area contributed by atoms with Gasteiger partial charge in [0.1, 0.15) is 12.3 Å². The molecule has 13 heteroatoms. The highest BCUT2D eigenvalue weighted by atomic mass is 16.2. The zero-order valence-corrected chi connectivity index (χ0v) is 30.7. The molecule has 3 amide bonds. The number of guanidine groups is 1. The first-order chi connectivity index (χ1) is 26.1. The molecule has 0 radical (unpaired) electrons. The molecular weight excluding hydrogens is 681 g/mol. The lowest BCUT2D eigenvalue weighted by atomic mass is 10.00. The Kier molecular flexibility index (Phi) is 16.6. The second-order valence-corrected chi connectivity index (χ2v) is 13.2. The number of hydrogen-bond donors (Lipinski definition) is 9. The third kappa shape index (κ3) is 14.1. The first-order valence-electron chi connectivity index (χ1n) is 18.3. The summed E-state index contributed by atoms with van der Waals surface area (Å²) in [5.74, 6) is -1.32. The van der Waals surface area contributed by atoms with E-state index in [-0.39, 0.29) is 37.8 Å². The average molecular weight is 735 g/mol. The summed E-state index contributed by atoms with van der Waals surface area (Å²) < 4.78 is 0. The lowest BCUT2D eigenvalue weighted by Crippen LogP contribution is -2.54. The number of nitrogens with two attached hydrogens (primary N) is 4. The van der Waals surface area contributed by atoms with Crippen LogP contribution >= 0.6 is 0 Å². The summed E-state index contributed by atoms with van der Waals surface area (Å²) in [6.07, 6.45) is 1.63. The van der Waals surface area contributed by atoms with E-state index in [1.807, 2.05) is 109 Å². The van der Waals surface area contributed by atoms with Gasteiger partial charge in [-0.3, -0.25) is 25.1 Å². The zero-order chi connectivity index (χ0) is 38.7. The van der Waals surface area contributed by atoms with Crippen molar-refractivity contribution in [1.82, 2.24) is 26.2 Å². The lowest BCUT2D eigenvalue weighted by Gasteiger charge is -2.29. The Morgan fingerprint density at radius 3 is 1.70 bits per heavy atom. The van der Waals surface area contributed by atoms with Crippen LogP contribution < -0.4 is 44.2 Å². The SMILES string of the molecule is N=C(N)NCCCCNC(=O)CN(Cc1ccc(-c2ccccc2)cc1)C(=O)[C@@H](CCCNC(N)N)NC(=O)[C@H](N)Cc1ccc(-c2ccccc2)cc1. The van der Waals surface area contributed by atoms with E-state index in [1.165, 1.54) is 4.90 Å². The molecule has 2 atom stereocenters. The highest BCUT2D eigenvalue weighted by Crippen LogP contribution is 2.21. The van der Waals surface area contributed by atoms with Gasteiger partial charge in [0, 0.05) is 19.6 Å². The fourth-order valence-electron chi connectivity index (χ4n) is 5.94. The number of nitrogens with one attached hydrogen (secondary N) is 5. The van der Waals surface area contributed by atoms with Crippen LogP contribution in [0.25, 0.3) is 22.3 Å². The van der Waals surface area contributed by atoms with E-state index in [2.05, 4.69) is 21.3 Å². The molecule has 0 aliphatic rings. The van der Waals surface area contributed by atoms with E-state index in [4.69, 9.17) is 28.3 Å². The van der Waals surface area contributed by atoms with Gasteiger partial charge in [-0.1, -0.05) is 109 Å². The molecule has 13 N–H and O–H groups in total. The van der Waals surface area contributed by atoms with Gasteiger partial charge in [0.05, 0.1) is 12.6 Å². The van der Waals surface area contributed by atoms with Crippen molar-refractivity contribution in [3.05, 3.63) is 120 Å². The van der Waals surface area contributed by atoms with E-state index in [9.17, 15) is 14.4 Å². The number of carbonyl (C=O) groups is 3. The highest BCUT2D eigenvalue weighted by molar-refractivity contribution is 5.92. The average Bonchev–Trinajstić information content (AvgIpc) is 3.17. The number of nitrogens with zero attached hydrogens (tertiary/aromatic N) is 1. The Labute approximate surface area is 317 Å². The van der Waals surface area contributed by atoms with Crippen molar-refractivity contribution in [2.45, 2.75) is 57.0 Å². The first kappa shape index (κ1) is 41.2. The summed E-state index contributed by atoms with van der Waals surface area (Å²) in [4.78, 5) is 42.6. The van der Waals surface area contributed by atoms with E-state index < -0.39 is 30.2 Å². The van der Waals surface area contributed by atoms with Crippen molar-refractivity contribution >= 4 is 23.7 Å². The van der Waals surface area contributed by atoms with Crippen molar-refractivity contribution in [1.29, 1.82) is 5.41 Å². The van der Waals surface area contributed by atoms with Crippen LogP contribution in [0.3, 0.4) is 0 Å². The van der Waals surface area contributed by atoms with Crippen LogP contribution in [0.15, 0.2) is 109 Å². The molecule has 0 fully saturated rings. The summed E-state index contributed by atoms with van der Waals surface area (Å²) >= 11 is 0. The molecule has 0 saturated heterocycles. The molecule has 0 saturated carbocycles. The Morgan fingerprint density at radius 2 is 1.17 bits per heavy atom. The number of hydrogen-bond acceptors (Lipinski definition) is 8. The molecule has 0 aliphatic heterocycles. The summed E-state index contributed by atoms with van der Waals surface area (Å²) in [5, 5.41) is 18.7. The van der Waals surface area contributed by atoms with Gasteiger partial charge in [0.2, 0.25) is 17.7 Å². The topological polar surface area (TPSA) is 231 Å². The molecule has 4 aromatic rings. The Hall–Kier alpha value is -5.60. The van der Waals surface area contributed by atoms with Gasteiger partial charge >= 0.3 is 0 Å². The largest absolute Gasteiger partial charge is 0.370 e. The molecule has 0 aromatic heterocycles. The molecule has 0 spiro atoms. The van der Waals surface area contributed by atoms with E-state index >= 15 is 0 Å². The fraction of sp³-hybridized carbons (Fsp3) is 0.317. The zero-order valence-electron chi connectivity index (χ0n) is 30.7. The minimum Gasteiger partial charge on any atom is -0.370 e. The Morgan fingerprint density at radius 1 is 0.648 bits per heavy atom. The van der Waals surface area contributed by atoms with E-state index in [1.54, 1.807) is 0 Å². The minimum atomic E-state index is -0.964. The molecule has 0 heterocycles. The molecule has 0 aliphatic carbocycles. The van der Waals surface area contributed by atoms with Gasteiger partial charge in [-0.05, 0) is 72.0 Å². The van der Waals surface area contributed by atoms with Crippen LogP contribution in [0.2, 0.25) is 0 Å². The van der Waals surface area contributed by atoms with E-state index in [0.717, 1.165) is 33.4 Å². The maximum atomic E-state index is 14.3.